The second kappa shape index (κ2) is 7.87. The highest BCUT2D eigenvalue weighted by molar-refractivity contribution is 5.96. The second-order valence-corrected chi connectivity index (χ2v) is 5.25. The van der Waals surface area contributed by atoms with Crippen LogP contribution in [0, 0.1) is 17.0 Å². The summed E-state index contributed by atoms with van der Waals surface area (Å²) < 4.78 is 0. The van der Waals surface area contributed by atoms with E-state index in [2.05, 4.69) is 10.6 Å². The number of benzene rings is 2. The van der Waals surface area contributed by atoms with E-state index in [-0.39, 0.29) is 23.7 Å². The topological polar surface area (TPSA) is 101 Å². The minimum atomic E-state index is -0.578. The lowest BCUT2D eigenvalue weighted by Gasteiger charge is -2.07. The van der Waals surface area contributed by atoms with Gasteiger partial charge in [0, 0.05) is 24.2 Å². The molecule has 0 atom stereocenters. The number of non-ortho nitro benzene ring substituents is 1. The Morgan fingerprint density at radius 3 is 2.46 bits per heavy atom. The molecule has 2 rings (SSSR count). The molecule has 2 aromatic carbocycles. The Hall–Kier alpha value is -3.22. The zero-order valence-corrected chi connectivity index (χ0v) is 13.1. The smallest absolute Gasteiger partial charge is 0.270 e. The number of hydrogen-bond donors (Lipinski definition) is 2. The van der Waals surface area contributed by atoms with E-state index in [0.717, 1.165) is 11.1 Å². The summed E-state index contributed by atoms with van der Waals surface area (Å²) in [6.07, 6.45) is 0. The molecule has 0 aliphatic heterocycles. The Kier molecular flexibility index (Phi) is 5.62. The van der Waals surface area contributed by atoms with Gasteiger partial charge < -0.3 is 10.6 Å². The van der Waals surface area contributed by atoms with Crippen molar-refractivity contribution in [1.29, 1.82) is 0 Å². The lowest BCUT2D eigenvalue weighted by Crippen LogP contribution is -2.36. The SMILES string of the molecule is Cc1ccc(CNC(=O)CNC(=O)c2cccc([N+](=O)[O-])c2)cc1. The zero-order chi connectivity index (χ0) is 17.5. The van der Waals surface area contributed by atoms with Gasteiger partial charge in [-0.2, -0.15) is 0 Å². The molecule has 0 bridgehead atoms. The summed E-state index contributed by atoms with van der Waals surface area (Å²) in [4.78, 5) is 33.8. The van der Waals surface area contributed by atoms with Gasteiger partial charge in [0.05, 0.1) is 11.5 Å². The summed E-state index contributed by atoms with van der Waals surface area (Å²) in [5, 5.41) is 15.8. The van der Waals surface area contributed by atoms with Crippen molar-refractivity contribution in [3.8, 4) is 0 Å². The predicted molar refractivity (Wildman–Crippen MR) is 88.5 cm³/mol. The van der Waals surface area contributed by atoms with Crippen molar-refractivity contribution in [1.82, 2.24) is 10.6 Å². The highest BCUT2D eigenvalue weighted by Crippen LogP contribution is 2.12. The monoisotopic (exact) mass is 327 g/mol. The van der Waals surface area contributed by atoms with Crippen LogP contribution in [0.3, 0.4) is 0 Å². The number of rotatable bonds is 6. The van der Waals surface area contributed by atoms with Crippen LogP contribution in [0.2, 0.25) is 0 Å². The molecule has 0 heterocycles. The predicted octanol–water partition coefficient (Wildman–Crippen LogP) is 1.95. The molecule has 0 aliphatic carbocycles. The van der Waals surface area contributed by atoms with Crippen LogP contribution in [0.15, 0.2) is 48.5 Å². The number of nitro groups is 1. The van der Waals surface area contributed by atoms with Crippen LogP contribution >= 0.6 is 0 Å². The van der Waals surface area contributed by atoms with Gasteiger partial charge in [-0.25, -0.2) is 0 Å². The maximum Gasteiger partial charge on any atom is 0.270 e. The first-order chi connectivity index (χ1) is 11.5. The van der Waals surface area contributed by atoms with E-state index in [4.69, 9.17) is 0 Å². The molecule has 124 valence electrons. The van der Waals surface area contributed by atoms with E-state index in [9.17, 15) is 19.7 Å². The molecule has 0 aromatic heterocycles. The van der Waals surface area contributed by atoms with E-state index >= 15 is 0 Å². The number of hydrogen-bond acceptors (Lipinski definition) is 4. The van der Waals surface area contributed by atoms with Crippen LogP contribution in [0.5, 0.6) is 0 Å². The first kappa shape index (κ1) is 17.1. The number of nitrogens with one attached hydrogen (secondary N) is 2. The molecule has 0 saturated carbocycles. The molecular formula is C17H17N3O4. The Bertz CT molecular complexity index is 757. The van der Waals surface area contributed by atoms with Gasteiger partial charge in [0.2, 0.25) is 5.91 Å². The summed E-state index contributed by atoms with van der Waals surface area (Å²) in [6, 6.07) is 13.1. The number of nitrogens with zero attached hydrogens (tertiary/aromatic N) is 1. The molecule has 0 saturated heterocycles. The minimum Gasteiger partial charge on any atom is -0.350 e. The van der Waals surface area contributed by atoms with Crippen molar-refractivity contribution in [3.63, 3.8) is 0 Å². The molecule has 2 N–H and O–H groups in total. The maximum absolute atomic E-state index is 11.9. The number of carbonyl (C=O) groups is 2. The summed E-state index contributed by atoms with van der Waals surface area (Å²) >= 11 is 0. The molecule has 0 spiro atoms. The zero-order valence-electron chi connectivity index (χ0n) is 13.1. The van der Waals surface area contributed by atoms with Crippen molar-refractivity contribution in [2.75, 3.05) is 6.54 Å². The number of nitro benzene ring substituents is 1. The highest BCUT2D eigenvalue weighted by Gasteiger charge is 2.12. The van der Waals surface area contributed by atoms with E-state index in [0.29, 0.717) is 6.54 Å². The fourth-order valence-corrected chi connectivity index (χ4v) is 1.99. The quantitative estimate of drug-likeness (QED) is 0.625. The molecule has 7 nitrogen and oxygen atoms in total. The third kappa shape index (κ3) is 4.91. The first-order valence-electron chi connectivity index (χ1n) is 7.30. The number of carbonyl (C=O) groups excluding carboxylic acids is 2. The van der Waals surface area contributed by atoms with Crippen LogP contribution < -0.4 is 10.6 Å². The van der Waals surface area contributed by atoms with Crippen molar-refractivity contribution in [2.24, 2.45) is 0 Å². The van der Waals surface area contributed by atoms with Crippen LogP contribution in [-0.4, -0.2) is 23.3 Å². The van der Waals surface area contributed by atoms with Gasteiger partial charge in [0.15, 0.2) is 0 Å². The largest absolute Gasteiger partial charge is 0.350 e. The van der Waals surface area contributed by atoms with E-state index < -0.39 is 10.8 Å². The highest BCUT2D eigenvalue weighted by atomic mass is 16.6. The Labute approximate surface area is 138 Å². The molecule has 0 aliphatic rings. The van der Waals surface area contributed by atoms with E-state index in [1.165, 1.54) is 24.3 Å². The minimum absolute atomic E-state index is 0.135. The van der Waals surface area contributed by atoms with Gasteiger partial charge in [-0.15, -0.1) is 0 Å². The second-order valence-electron chi connectivity index (χ2n) is 5.25. The Morgan fingerprint density at radius 2 is 1.79 bits per heavy atom. The Morgan fingerprint density at radius 1 is 1.08 bits per heavy atom. The van der Waals surface area contributed by atoms with Crippen molar-refractivity contribution >= 4 is 17.5 Å². The number of aryl methyl sites for hydroxylation is 1. The molecule has 24 heavy (non-hydrogen) atoms. The standard InChI is InChI=1S/C17H17N3O4/c1-12-5-7-13(8-6-12)10-18-16(21)11-19-17(22)14-3-2-4-15(9-14)20(23)24/h2-9H,10-11H2,1H3,(H,18,21)(H,19,22). The molecule has 2 amide bonds. The van der Waals surface area contributed by atoms with Gasteiger partial charge in [0.1, 0.15) is 0 Å². The lowest BCUT2D eigenvalue weighted by atomic mass is 10.1. The molecule has 0 radical (unpaired) electrons. The first-order valence-corrected chi connectivity index (χ1v) is 7.30. The van der Waals surface area contributed by atoms with E-state index in [1.54, 1.807) is 0 Å². The Balaban J connectivity index is 1.82. The third-order valence-corrected chi connectivity index (χ3v) is 3.34. The molecular weight excluding hydrogens is 310 g/mol. The summed E-state index contributed by atoms with van der Waals surface area (Å²) in [5.74, 6) is -0.876. The van der Waals surface area contributed by atoms with Crippen LogP contribution in [0.1, 0.15) is 21.5 Å². The van der Waals surface area contributed by atoms with Crippen molar-refractivity contribution < 1.29 is 14.5 Å². The maximum atomic E-state index is 11.9. The number of amides is 2. The summed E-state index contributed by atoms with van der Waals surface area (Å²) in [5.41, 5.74) is 2.05. The van der Waals surface area contributed by atoms with Crippen LogP contribution in [0.4, 0.5) is 5.69 Å². The van der Waals surface area contributed by atoms with Crippen LogP contribution in [0.25, 0.3) is 0 Å². The van der Waals surface area contributed by atoms with Gasteiger partial charge in [-0.05, 0) is 18.6 Å². The summed E-state index contributed by atoms with van der Waals surface area (Å²) in [6.45, 7) is 2.14. The van der Waals surface area contributed by atoms with Gasteiger partial charge in [-0.1, -0.05) is 35.9 Å². The fourth-order valence-electron chi connectivity index (χ4n) is 1.99. The van der Waals surface area contributed by atoms with E-state index in [1.807, 2.05) is 31.2 Å². The van der Waals surface area contributed by atoms with Gasteiger partial charge in [0.25, 0.3) is 11.6 Å². The van der Waals surface area contributed by atoms with Gasteiger partial charge >= 0.3 is 0 Å². The van der Waals surface area contributed by atoms with Crippen molar-refractivity contribution in [2.45, 2.75) is 13.5 Å². The molecule has 7 heteroatoms. The fraction of sp³-hybridized carbons (Fsp3) is 0.176. The average Bonchev–Trinajstić information content (AvgIpc) is 2.59. The summed E-state index contributed by atoms with van der Waals surface area (Å²) in [7, 11) is 0. The van der Waals surface area contributed by atoms with Crippen molar-refractivity contribution in [3.05, 3.63) is 75.3 Å². The average molecular weight is 327 g/mol. The third-order valence-electron chi connectivity index (χ3n) is 3.34. The molecule has 0 unspecified atom stereocenters. The van der Waals surface area contributed by atoms with Gasteiger partial charge in [-0.3, -0.25) is 19.7 Å². The molecule has 0 fully saturated rings. The lowest BCUT2D eigenvalue weighted by molar-refractivity contribution is -0.384. The molecule has 2 aromatic rings. The normalized spacial score (nSPS) is 10.0. The van der Waals surface area contributed by atoms with Crippen LogP contribution in [-0.2, 0) is 11.3 Å².